The molecular formula is C23H33N3O4S. The highest BCUT2D eigenvalue weighted by Gasteiger charge is 2.40. The Morgan fingerprint density at radius 3 is 2.61 bits per heavy atom. The van der Waals surface area contributed by atoms with Crippen molar-refractivity contribution in [2.24, 2.45) is 11.8 Å². The molecule has 3 atom stereocenters. The number of carbonyl (C=O) groups is 2. The average molecular weight is 448 g/mol. The molecule has 1 saturated carbocycles. The van der Waals surface area contributed by atoms with Gasteiger partial charge in [-0.15, -0.1) is 0 Å². The molecule has 1 N–H and O–H groups in total. The van der Waals surface area contributed by atoms with E-state index in [2.05, 4.69) is 5.32 Å². The SMILES string of the molecule is CC[C@H](C)NC(=O)[C@H]1CCCN(S(=O)(=O)c2ccc3c(c2)C[C@@H](C)N3C(=O)C2CC2)C1. The van der Waals surface area contributed by atoms with E-state index in [0.29, 0.717) is 25.8 Å². The Labute approximate surface area is 185 Å². The average Bonchev–Trinajstić information content (AvgIpc) is 3.55. The first kappa shape index (κ1) is 22.3. The van der Waals surface area contributed by atoms with Gasteiger partial charge in [0.1, 0.15) is 0 Å². The maximum absolute atomic E-state index is 13.4. The predicted molar refractivity (Wildman–Crippen MR) is 119 cm³/mol. The first-order valence-corrected chi connectivity index (χ1v) is 12.9. The van der Waals surface area contributed by atoms with Crippen LogP contribution >= 0.6 is 0 Å². The lowest BCUT2D eigenvalue weighted by Crippen LogP contribution is -2.47. The number of anilines is 1. The first-order valence-electron chi connectivity index (χ1n) is 11.5. The van der Waals surface area contributed by atoms with Gasteiger partial charge in [-0.25, -0.2) is 8.42 Å². The zero-order chi connectivity index (χ0) is 22.3. The van der Waals surface area contributed by atoms with Crippen molar-refractivity contribution in [3.05, 3.63) is 23.8 Å². The molecule has 1 saturated heterocycles. The Balaban J connectivity index is 1.52. The van der Waals surface area contributed by atoms with Crippen LogP contribution in [0.3, 0.4) is 0 Å². The number of hydrogen-bond acceptors (Lipinski definition) is 4. The molecule has 1 aromatic carbocycles. The summed E-state index contributed by atoms with van der Waals surface area (Å²) in [7, 11) is -3.69. The van der Waals surface area contributed by atoms with Crippen molar-refractivity contribution < 1.29 is 18.0 Å². The molecule has 170 valence electrons. The van der Waals surface area contributed by atoms with Crippen molar-refractivity contribution in [3.63, 3.8) is 0 Å². The largest absolute Gasteiger partial charge is 0.353 e. The molecule has 1 aromatic rings. The molecule has 8 heteroatoms. The van der Waals surface area contributed by atoms with Crippen molar-refractivity contribution in [2.45, 2.75) is 76.3 Å². The molecule has 31 heavy (non-hydrogen) atoms. The van der Waals surface area contributed by atoms with Gasteiger partial charge >= 0.3 is 0 Å². The molecule has 1 aliphatic carbocycles. The second-order valence-electron chi connectivity index (χ2n) is 9.35. The van der Waals surface area contributed by atoms with Crippen molar-refractivity contribution in [1.29, 1.82) is 0 Å². The molecule has 2 aliphatic heterocycles. The van der Waals surface area contributed by atoms with Crippen molar-refractivity contribution in [1.82, 2.24) is 9.62 Å². The lowest BCUT2D eigenvalue weighted by atomic mass is 9.98. The molecule has 0 radical (unpaired) electrons. The van der Waals surface area contributed by atoms with E-state index < -0.39 is 10.0 Å². The monoisotopic (exact) mass is 447 g/mol. The molecule has 3 aliphatic rings. The normalized spacial score (nSPS) is 25.2. The molecule has 2 amide bonds. The van der Waals surface area contributed by atoms with Gasteiger partial charge < -0.3 is 10.2 Å². The Kier molecular flexibility index (Phi) is 6.14. The first-order chi connectivity index (χ1) is 14.7. The van der Waals surface area contributed by atoms with E-state index in [1.165, 1.54) is 4.31 Å². The zero-order valence-corrected chi connectivity index (χ0v) is 19.5. The van der Waals surface area contributed by atoms with E-state index in [0.717, 1.165) is 30.5 Å². The molecule has 0 aromatic heterocycles. The van der Waals surface area contributed by atoms with E-state index in [9.17, 15) is 18.0 Å². The zero-order valence-electron chi connectivity index (χ0n) is 18.6. The molecule has 2 fully saturated rings. The Bertz CT molecular complexity index is 973. The van der Waals surface area contributed by atoms with E-state index in [-0.39, 0.29) is 47.2 Å². The highest BCUT2D eigenvalue weighted by Crippen LogP contribution is 2.40. The minimum absolute atomic E-state index is 0.0460. The number of nitrogens with zero attached hydrogens (tertiary/aromatic N) is 2. The lowest BCUT2D eigenvalue weighted by molar-refractivity contribution is -0.126. The Morgan fingerprint density at radius 2 is 1.94 bits per heavy atom. The fourth-order valence-electron chi connectivity index (χ4n) is 4.62. The van der Waals surface area contributed by atoms with Crippen molar-refractivity contribution in [3.8, 4) is 0 Å². The van der Waals surface area contributed by atoms with Crippen LogP contribution in [-0.4, -0.2) is 49.7 Å². The number of carbonyl (C=O) groups excluding carboxylic acids is 2. The van der Waals surface area contributed by atoms with Gasteiger partial charge in [0.25, 0.3) is 0 Å². The quantitative estimate of drug-likeness (QED) is 0.726. The highest BCUT2D eigenvalue weighted by molar-refractivity contribution is 7.89. The van der Waals surface area contributed by atoms with Crippen LogP contribution in [0.15, 0.2) is 23.1 Å². The summed E-state index contributed by atoms with van der Waals surface area (Å²) >= 11 is 0. The standard InChI is InChI=1S/C23H33N3O4S/c1-4-15(2)24-22(27)18-6-5-11-25(14-18)31(29,30)20-9-10-21-19(13-20)12-16(3)26(21)23(28)17-7-8-17/h9-10,13,15-18H,4-8,11-12,14H2,1-3H3,(H,24,27)/t15-,16+,18-/m0/s1. The summed E-state index contributed by atoms with van der Waals surface area (Å²) in [5, 5.41) is 2.98. The molecule has 4 rings (SSSR count). The van der Waals surface area contributed by atoms with Gasteiger partial charge in [0, 0.05) is 36.8 Å². The summed E-state index contributed by atoms with van der Waals surface area (Å²) in [6, 6.07) is 5.25. The van der Waals surface area contributed by atoms with Crippen LogP contribution in [0.25, 0.3) is 0 Å². The predicted octanol–water partition coefficient (Wildman–Crippen LogP) is 2.69. The molecule has 7 nitrogen and oxygen atoms in total. The Morgan fingerprint density at radius 1 is 1.19 bits per heavy atom. The van der Waals surface area contributed by atoms with E-state index in [1.807, 2.05) is 25.7 Å². The topological polar surface area (TPSA) is 86.8 Å². The second kappa shape index (κ2) is 8.54. The summed E-state index contributed by atoms with van der Waals surface area (Å²) < 4.78 is 28.2. The number of rotatable bonds is 6. The number of piperidine rings is 1. The summed E-state index contributed by atoms with van der Waals surface area (Å²) in [4.78, 5) is 27.3. The van der Waals surface area contributed by atoms with Crippen LogP contribution in [0, 0.1) is 11.8 Å². The third kappa shape index (κ3) is 4.37. The summed E-state index contributed by atoms with van der Waals surface area (Å²) in [5.41, 5.74) is 1.75. The molecular weight excluding hydrogens is 414 g/mol. The minimum atomic E-state index is -3.69. The van der Waals surface area contributed by atoms with Gasteiger partial charge in [-0.05, 0) is 76.1 Å². The number of fused-ring (bicyclic) bond motifs is 1. The number of nitrogens with one attached hydrogen (secondary N) is 1. The number of sulfonamides is 1. The molecule has 0 bridgehead atoms. The number of amides is 2. The maximum atomic E-state index is 13.4. The lowest BCUT2D eigenvalue weighted by Gasteiger charge is -2.32. The van der Waals surface area contributed by atoms with Crippen LogP contribution < -0.4 is 10.2 Å². The molecule has 2 heterocycles. The van der Waals surface area contributed by atoms with Crippen LogP contribution in [0.5, 0.6) is 0 Å². The third-order valence-electron chi connectivity index (χ3n) is 6.82. The van der Waals surface area contributed by atoms with Gasteiger partial charge in [-0.1, -0.05) is 6.92 Å². The van der Waals surface area contributed by atoms with Crippen LogP contribution in [0.1, 0.15) is 58.4 Å². The molecule has 0 unspecified atom stereocenters. The smallest absolute Gasteiger partial charge is 0.243 e. The second-order valence-corrected chi connectivity index (χ2v) is 11.3. The van der Waals surface area contributed by atoms with Gasteiger partial charge in [0.15, 0.2) is 0 Å². The molecule has 0 spiro atoms. The minimum Gasteiger partial charge on any atom is -0.353 e. The van der Waals surface area contributed by atoms with Gasteiger partial charge in [0.2, 0.25) is 21.8 Å². The van der Waals surface area contributed by atoms with E-state index >= 15 is 0 Å². The summed E-state index contributed by atoms with van der Waals surface area (Å²) in [6.45, 7) is 6.62. The fraction of sp³-hybridized carbons (Fsp3) is 0.652. The van der Waals surface area contributed by atoms with Gasteiger partial charge in [-0.2, -0.15) is 4.31 Å². The van der Waals surface area contributed by atoms with Gasteiger partial charge in [-0.3, -0.25) is 9.59 Å². The highest BCUT2D eigenvalue weighted by atomic mass is 32.2. The summed E-state index contributed by atoms with van der Waals surface area (Å²) in [6.07, 6.45) is 4.78. The fourth-order valence-corrected chi connectivity index (χ4v) is 6.19. The number of hydrogen-bond donors (Lipinski definition) is 1. The van der Waals surface area contributed by atoms with Crippen LogP contribution in [-0.2, 0) is 26.0 Å². The summed E-state index contributed by atoms with van der Waals surface area (Å²) in [5.74, 6) is -0.0957. The number of benzene rings is 1. The van der Waals surface area contributed by atoms with Crippen molar-refractivity contribution in [2.75, 3.05) is 18.0 Å². The van der Waals surface area contributed by atoms with E-state index in [1.54, 1.807) is 18.2 Å². The van der Waals surface area contributed by atoms with Gasteiger partial charge in [0.05, 0.1) is 10.8 Å². The van der Waals surface area contributed by atoms with Crippen LogP contribution in [0.4, 0.5) is 5.69 Å². The maximum Gasteiger partial charge on any atom is 0.243 e. The van der Waals surface area contributed by atoms with Crippen LogP contribution in [0.2, 0.25) is 0 Å². The van der Waals surface area contributed by atoms with E-state index in [4.69, 9.17) is 0 Å². The third-order valence-corrected chi connectivity index (χ3v) is 8.69. The Hall–Kier alpha value is -1.93. The van der Waals surface area contributed by atoms with Crippen molar-refractivity contribution >= 4 is 27.5 Å².